The van der Waals surface area contributed by atoms with E-state index in [2.05, 4.69) is 6.92 Å². The van der Waals surface area contributed by atoms with Gasteiger partial charge in [0.05, 0.1) is 4.92 Å². The van der Waals surface area contributed by atoms with Gasteiger partial charge in [-0.2, -0.15) is 0 Å². The van der Waals surface area contributed by atoms with Crippen molar-refractivity contribution in [3.05, 3.63) is 46.4 Å². The van der Waals surface area contributed by atoms with E-state index in [1.807, 2.05) is 0 Å². The fourth-order valence-electron chi connectivity index (χ4n) is 1.18. The van der Waals surface area contributed by atoms with Crippen molar-refractivity contribution in [1.29, 1.82) is 0 Å². The number of nitro benzene ring substituents is 1. The van der Waals surface area contributed by atoms with Crippen molar-refractivity contribution in [2.45, 2.75) is 12.8 Å². The van der Waals surface area contributed by atoms with Crippen LogP contribution in [-0.2, 0) is 0 Å². The summed E-state index contributed by atoms with van der Waals surface area (Å²) in [7, 11) is 0. The monoisotopic (exact) mass is 194 g/mol. The summed E-state index contributed by atoms with van der Waals surface area (Å²) in [5, 5.41) is 19.5. The Morgan fingerprint density at radius 3 is 2.79 bits per heavy atom. The van der Waals surface area contributed by atoms with Gasteiger partial charge in [0.1, 0.15) is 0 Å². The molecule has 14 heavy (non-hydrogen) atoms. The average Bonchev–Trinajstić information content (AvgIpc) is 2.17. The number of hydrogen-bond donors (Lipinski definition) is 1. The first-order chi connectivity index (χ1) is 6.56. The molecule has 1 atom stereocenters. The molecule has 0 amide bonds. The van der Waals surface area contributed by atoms with Crippen LogP contribution in [-0.4, -0.2) is 16.6 Å². The van der Waals surface area contributed by atoms with Crippen molar-refractivity contribution in [2.75, 3.05) is 6.61 Å². The molecule has 0 spiro atoms. The molecule has 1 rings (SSSR count). The maximum Gasteiger partial charge on any atom is 0.272 e. The summed E-state index contributed by atoms with van der Waals surface area (Å²) < 4.78 is 0. The van der Waals surface area contributed by atoms with E-state index in [0.717, 1.165) is 0 Å². The lowest BCUT2D eigenvalue weighted by molar-refractivity contribution is -0.385. The van der Waals surface area contributed by atoms with Gasteiger partial charge in [-0.25, -0.2) is 0 Å². The van der Waals surface area contributed by atoms with E-state index in [1.165, 1.54) is 6.07 Å². The topological polar surface area (TPSA) is 63.4 Å². The quantitative estimate of drug-likeness (QED) is 0.589. The van der Waals surface area contributed by atoms with Gasteiger partial charge in [-0.15, -0.1) is 0 Å². The highest BCUT2D eigenvalue weighted by molar-refractivity contribution is 5.43. The van der Waals surface area contributed by atoms with Crippen LogP contribution < -0.4 is 0 Å². The summed E-state index contributed by atoms with van der Waals surface area (Å²) in [6.07, 6.45) is 0. The van der Waals surface area contributed by atoms with Crippen LogP contribution >= 0.6 is 0 Å². The third-order valence-corrected chi connectivity index (χ3v) is 2.12. The fraction of sp³-hybridized carbons (Fsp3) is 0.300. The van der Waals surface area contributed by atoms with Crippen LogP contribution in [0, 0.1) is 24.0 Å². The van der Waals surface area contributed by atoms with E-state index in [9.17, 15) is 10.1 Å². The molecule has 1 radical (unpaired) electrons. The van der Waals surface area contributed by atoms with Crippen LogP contribution in [0.4, 0.5) is 5.69 Å². The number of hydrogen-bond acceptors (Lipinski definition) is 3. The summed E-state index contributed by atoms with van der Waals surface area (Å²) in [5.74, 6) is -0.311. The minimum atomic E-state index is -0.428. The maximum absolute atomic E-state index is 10.6. The van der Waals surface area contributed by atoms with Gasteiger partial charge < -0.3 is 5.11 Å². The van der Waals surface area contributed by atoms with Crippen LogP contribution in [0.3, 0.4) is 0 Å². The summed E-state index contributed by atoms with van der Waals surface area (Å²) in [4.78, 5) is 10.2. The molecule has 1 aromatic rings. The van der Waals surface area contributed by atoms with E-state index >= 15 is 0 Å². The molecule has 1 aromatic carbocycles. The van der Waals surface area contributed by atoms with Crippen LogP contribution in [0.5, 0.6) is 0 Å². The van der Waals surface area contributed by atoms with Crippen molar-refractivity contribution >= 4 is 5.69 Å². The van der Waals surface area contributed by atoms with Crippen molar-refractivity contribution in [1.82, 2.24) is 0 Å². The summed E-state index contributed by atoms with van der Waals surface area (Å²) >= 11 is 0. The Labute approximate surface area is 82.3 Å². The Balaban J connectivity index is 3.12. The first-order valence-corrected chi connectivity index (χ1v) is 4.25. The van der Waals surface area contributed by atoms with Crippen LogP contribution in [0.25, 0.3) is 0 Å². The first-order valence-electron chi connectivity index (χ1n) is 4.25. The normalized spacial score (nSPS) is 12.5. The Hall–Kier alpha value is -1.42. The Morgan fingerprint density at radius 2 is 2.29 bits per heavy atom. The first kappa shape index (κ1) is 10.7. The molecule has 0 bridgehead atoms. The molecule has 0 saturated heterocycles. The number of aliphatic hydroxyl groups excluding tert-OH is 1. The molecule has 0 aromatic heterocycles. The van der Waals surface area contributed by atoms with Crippen molar-refractivity contribution in [3.63, 3.8) is 0 Å². The molecule has 4 nitrogen and oxygen atoms in total. The van der Waals surface area contributed by atoms with E-state index in [-0.39, 0.29) is 18.2 Å². The standard InChI is InChI=1S/C10H12NO3/c1-7-3-4-9(8(2)6-12)5-10(7)11(13)14/h3-5,8,12H,2,6H2,1H3. The zero-order valence-electron chi connectivity index (χ0n) is 7.93. The second kappa shape index (κ2) is 4.19. The molecule has 1 unspecified atom stereocenters. The predicted octanol–water partition coefficient (Wildman–Crippen LogP) is 1.81. The number of aliphatic hydroxyl groups is 1. The SMILES string of the molecule is [CH2]C(CO)c1ccc(C)c([N+](=O)[O-])c1. The molecular formula is C10H12NO3. The average molecular weight is 194 g/mol. The van der Waals surface area contributed by atoms with Crippen molar-refractivity contribution < 1.29 is 10.0 Å². The zero-order valence-corrected chi connectivity index (χ0v) is 7.93. The van der Waals surface area contributed by atoms with Gasteiger partial charge in [0.25, 0.3) is 5.69 Å². The number of benzene rings is 1. The van der Waals surface area contributed by atoms with Gasteiger partial charge >= 0.3 is 0 Å². The predicted molar refractivity (Wildman–Crippen MR) is 53.0 cm³/mol. The second-order valence-corrected chi connectivity index (χ2v) is 3.18. The van der Waals surface area contributed by atoms with E-state index in [0.29, 0.717) is 11.1 Å². The summed E-state index contributed by atoms with van der Waals surface area (Å²) in [6.45, 7) is 5.25. The molecular weight excluding hydrogens is 182 g/mol. The molecule has 0 fully saturated rings. The maximum atomic E-state index is 10.6. The van der Waals surface area contributed by atoms with E-state index < -0.39 is 4.92 Å². The highest BCUT2D eigenvalue weighted by Crippen LogP contribution is 2.23. The lowest BCUT2D eigenvalue weighted by Crippen LogP contribution is -2.01. The lowest BCUT2D eigenvalue weighted by atomic mass is 10.00. The smallest absolute Gasteiger partial charge is 0.272 e. The molecule has 1 N–H and O–H groups in total. The van der Waals surface area contributed by atoms with E-state index in [1.54, 1.807) is 19.1 Å². The zero-order chi connectivity index (χ0) is 10.7. The van der Waals surface area contributed by atoms with Gasteiger partial charge in [0.15, 0.2) is 0 Å². The lowest BCUT2D eigenvalue weighted by Gasteiger charge is -2.08. The minimum Gasteiger partial charge on any atom is -0.396 e. The van der Waals surface area contributed by atoms with E-state index in [4.69, 9.17) is 5.11 Å². The number of aryl methyl sites for hydroxylation is 1. The number of nitro groups is 1. The highest BCUT2D eigenvalue weighted by Gasteiger charge is 2.13. The van der Waals surface area contributed by atoms with Crippen molar-refractivity contribution in [3.8, 4) is 0 Å². The van der Waals surface area contributed by atoms with Gasteiger partial charge in [0.2, 0.25) is 0 Å². The fourth-order valence-corrected chi connectivity index (χ4v) is 1.18. The number of nitrogens with zero attached hydrogens (tertiary/aromatic N) is 1. The van der Waals surface area contributed by atoms with Gasteiger partial charge in [-0.1, -0.05) is 12.1 Å². The highest BCUT2D eigenvalue weighted by atomic mass is 16.6. The third-order valence-electron chi connectivity index (χ3n) is 2.12. The summed E-state index contributed by atoms with van der Waals surface area (Å²) in [6, 6.07) is 4.88. The third kappa shape index (κ3) is 2.09. The number of rotatable bonds is 3. The van der Waals surface area contributed by atoms with Crippen LogP contribution in [0.1, 0.15) is 17.0 Å². The molecule has 75 valence electrons. The van der Waals surface area contributed by atoms with Crippen molar-refractivity contribution in [2.24, 2.45) is 0 Å². The minimum absolute atomic E-state index is 0.0737. The molecule has 0 aliphatic rings. The molecule has 0 aliphatic carbocycles. The Kier molecular flexibility index (Phi) is 3.19. The Bertz CT molecular complexity index is 349. The van der Waals surface area contributed by atoms with Crippen LogP contribution in [0.15, 0.2) is 18.2 Å². The van der Waals surface area contributed by atoms with Gasteiger partial charge in [-0.05, 0) is 19.4 Å². The molecule has 4 heteroatoms. The summed E-state index contributed by atoms with van der Waals surface area (Å²) in [5.41, 5.74) is 1.37. The van der Waals surface area contributed by atoms with Gasteiger partial charge in [-0.3, -0.25) is 10.1 Å². The molecule has 0 saturated carbocycles. The molecule has 0 aliphatic heterocycles. The largest absolute Gasteiger partial charge is 0.396 e. The van der Waals surface area contributed by atoms with Gasteiger partial charge in [0, 0.05) is 24.2 Å². The second-order valence-electron chi connectivity index (χ2n) is 3.18. The van der Waals surface area contributed by atoms with Crippen LogP contribution in [0.2, 0.25) is 0 Å². The Morgan fingerprint density at radius 1 is 1.64 bits per heavy atom. The molecule has 0 heterocycles.